The molecule has 0 bridgehead atoms. The summed E-state index contributed by atoms with van der Waals surface area (Å²) < 4.78 is 78.0. The first-order chi connectivity index (χ1) is 10.4. The van der Waals surface area contributed by atoms with Crippen LogP contribution in [0.5, 0.6) is 0 Å². The Morgan fingerprint density at radius 2 is 1.57 bits per heavy atom. The van der Waals surface area contributed by atoms with E-state index < -0.39 is 47.1 Å². The maximum atomic E-state index is 13.0. The van der Waals surface area contributed by atoms with Crippen LogP contribution in [0.2, 0.25) is 0 Å². The molecule has 0 radical (unpaired) electrons. The average molecular weight is 341 g/mol. The first-order valence-electron chi connectivity index (χ1n) is 6.16. The number of imide groups is 1. The second-order valence-electron chi connectivity index (χ2n) is 4.95. The smallest absolute Gasteiger partial charge is 0.372 e. The average Bonchev–Trinajstić information content (AvgIpc) is 2.70. The molecule has 1 N–H and O–H groups in total. The third kappa shape index (κ3) is 2.46. The number of alkyl halides is 6. The molecular formula is C13H9F6NO3. The van der Waals surface area contributed by atoms with Crippen molar-refractivity contribution in [2.24, 2.45) is 5.41 Å². The van der Waals surface area contributed by atoms with Crippen LogP contribution in [0.25, 0.3) is 0 Å². The van der Waals surface area contributed by atoms with Gasteiger partial charge in [0.05, 0.1) is 6.42 Å². The fourth-order valence-electron chi connectivity index (χ4n) is 2.37. The fraction of sp³-hybridized carbons (Fsp3) is 0.385. The number of aliphatic hydroxyl groups is 1. The molecule has 10 heteroatoms. The Hall–Kier alpha value is -2.10. The SMILES string of the molecule is O=C1CC(C(F)(F)F)(C(F)(F)F)C(O)N1C(=O)c1ccccc1. The molecule has 2 rings (SSSR count). The number of hydrogen-bond donors (Lipinski definition) is 1. The highest BCUT2D eigenvalue weighted by Gasteiger charge is 2.79. The predicted octanol–water partition coefficient (Wildman–Crippen LogP) is 2.49. The lowest BCUT2D eigenvalue weighted by Crippen LogP contribution is -2.58. The molecule has 0 aliphatic carbocycles. The number of likely N-dealkylation sites (tertiary alicyclic amines) is 1. The number of rotatable bonds is 1. The van der Waals surface area contributed by atoms with Gasteiger partial charge in [0.2, 0.25) is 11.3 Å². The molecule has 1 aliphatic heterocycles. The summed E-state index contributed by atoms with van der Waals surface area (Å²) in [5, 5.41) is 9.62. The van der Waals surface area contributed by atoms with Crippen molar-refractivity contribution in [3.05, 3.63) is 35.9 Å². The van der Waals surface area contributed by atoms with E-state index in [0.717, 1.165) is 12.1 Å². The molecule has 1 aliphatic rings. The minimum absolute atomic E-state index is 0.319. The van der Waals surface area contributed by atoms with Gasteiger partial charge >= 0.3 is 12.4 Å². The Kier molecular flexibility index (Phi) is 3.92. The largest absolute Gasteiger partial charge is 0.408 e. The van der Waals surface area contributed by atoms with Crippen molar-refractivity contribution in [3.8, 4) is 0 Å². The minimum Gasteiger partial charge on any atom is -0.372 e. The van der Waals surface area contributed by atoms with Crippen LogP contribution < -0.4 is 0 Å². The predicted molar refractivity (Wildman–Crippen MR) is 62.8 cm³/mol. The highest BCUT2D eigenvalue weighted by Crippen LogP contribution is 2.58. The molecule has 1 aromatic carbocycles. The van der Waals surface area contributed by atoms with Gasteiger partial charge in [0.25, 0.3) is 5.91 Å². The number of amides is 2. The summed E-state index contributed by atoms with van der Waals surface area (Å²) in [7, 11) is 0. The molecule has 1 saturated heterocycles. The van der Waals surface area contributed by atoms with Gasteiger partial charge in [-0.15, -0.1) is 0 Å². The summed E-state index contributed by atoms with van der Waals surface area (Å²) in [6, 6.07) is 6.27. The lowest BCUT2D eigenvalue weighted by molar-refractivity contribution is -0.364. The van der Waals surface area contributed by atoms with Crippen molar-refractivity contribution >= 4 is 11.8 Å². The number of hydrogen-bond acceptors (Lipinski definition) is 3. The van der Waals surface area contributed by atoms with Gasteiger partial charge in [0.15, 0.2) is 6.23 Å². The first kappa shape index (κ1) is 17.3. The van der Waals surface area contributed by atoms with E-state index in [-0.39, 0.29) is 5.56 Å². The van der Waals surface area contributed by atoms with Crippen molar-refractivity contribution in [3.63, 3.8) is 0 Å². The highest BCUT2D eigenvalue weighted by atomic mass is 19.4. The Balaban J connectivity index is 2.51. The van der Waals surface area contributed by atoms with Crippen LogP contribution in [0, 0.1) is 5.41 Å². The summed E-state index contributed by atoms with van der Waals surface area (Å²) in [4.78, 5) is 23.3. The van der Waals surface area contributed by atoms with Gasteiger partial charge in [-0.3, -0.25) is 14.5 Å². The van der Waals surface area contributed by atoms with Gasteiger partial charge < -0.3 is 5.11 Å². The van der Waals surface area contributed by atoms with Gasteiger partial charge in [0.1, 0.15) is 0 Å². The van der Waals surface area contributed by atoms with Gasteiger partial charge in [-0.1, -0.05) is 18.2 Å². The van der Waals surface area contributed by atoms with Crippen molar-refractivity contribution in [2.45, 2.75) is 25.0 Å². The lowest BCUT2D eigenvalue weighted by Gasteiger charge is -2.36. The molecule has 23 heavy (non-hydrogen) atoms. The fourth-order valence-corrected chi connectivity index (χ4v) is 2.37. The molecule has 4 nitrogen and oxygen atoms in total. The topological polar surface area (TPSA) is 57.6 Å². The van der Waals surface area contributed by atoms with Crippen LogP contribution in [0.15, 0.2) is 30.3 Å². The summed E-state index contributed by atoms with van der Waals surface area (Å²) in [5.41, 5.74) is -5.03. The molecular weight excluding hydrogens is 332 g/mol. The van der Waals surface area contributed by atoms with E-state index in [1.165, 1.54) is 18.2 Å². The zero-order chi connectivity index (χ0) is 17.6. The number of carbonyl (C=O) groups excluding carboxylic acids is 2. The molecule has 1 unspecified atom stereocenters. The maximum absolute atomic E-state index is 13.0. The second kappa shape index (κ2) is 5.22. The maximum Gasteiger partial charge on any atom is 0.408 e. The van der Waals surface area contributed by atoms with E-state index in [9.17, 15) is 41.0 Å². The van der Waals surface area contributed by atoms with Crippen molar-refractivity contribution in [2.75, 3.05) is 0 Å². The number of halogens is 6. The molecule has 126 valence electrons. The molecule has 1 heterocycles. The van der Waals surface area contributed by atoms with Crippen LogP contribution in [-0.4, -0.2) is 40.4 Å². The summed E-state index contributed by atoms with van der Waals surface area (Å²) in [6.45, 7) is 0. The van der Waals surface area contributed by atoms with E-state index in [1.54, 1.807) is 0 Å². The summed E-state index contributed by atoms with van der Waals surface area (Å²) in [6.07, 6.45) is -17.4. The Bertz CT molecular complexity index is 611. The van der Waals surface area contributed by atoms with Gasteiger partial charge in [0, 0.05) is 5.56 Å². The minimum atomic E-state index is -5.97. The highest BCUT2D eigenvalue weighted by molar-refractivity contribution is 6.06. The van der Waals surface area contributed by atoms with Gasteiger partial charge in [-0.25, -0.2) is 0 Å². The van der Waals surface area contributed by atoms with Crippen molar-refractivity contribution < 1.29 is 41.0 Å². The standard InChI is InChI=1S/C13H9F6NO3/c14-12(15,16)11(13(17,18)19)6-8(21)20(10(11)23)9(22)7-4-2-1-3-5-7/h1-5,10,23H,6H2. The van der Waals surface area contributed by atoms with Crippen LogP contribution in [0.1, 0.15) is 16.8 Å². The molecule has 0 aromatic heterocycles. The summed E-state index contributed by atoms with van der Waals surface area (Å²) >= 11 is 0. The molecule has 0 saturated carbocycles. The van der Waals surface area contributed by atoms with Gasteiger partial charge in [-0.2, -0.15) is 26.3 Å². The van der Waals surface area contributed by atoms with Gasteiger partial charge in [-0.05, 0) is 12.1 Å². The van der Waals surface area contributed by atoms with Crippen LogP contribution in [0.3, 0.4) is 0 Å². The van der Waals surface area contributed by atoms with E-state index in [4.69, 9.17) is 0 Å². The van der Waals surface area contributed by atoms with Crippen LogP contribution >= 0.6 is 0 Å². The third-order valence-electron chi connectivity index (χ3n) is 3.64. The number of nitrogens with zero attached hydrogens (tertiary/aromatic N) is 1. The quantitative estimate of drug-likeness (QED) is 0.631. The second-order valence-corrected chi connectivity index (χ2v) is 4.95. The number of aliphatic hydroxyl groups excluding tert-OH is 1. The lowest BCUT2D eigenvalue weighted by atomic mass is 9.83. The molecule has 1 fully saturated rings. The summed E-state index contributed by atoms with van der Waals surface area (Å²) in [5.74, 6) is -3.18. The van der Waals surface area contributed by atoms with E-state index >= 15 is 0 Å². The van der Waals surface area contributed by atoms with Crippen molar-refractivity contribution in [1.29, 1.82) is 0 Å². The zero-order valence-electron chi connectivity index (χ0n) is 11.1. The molecule has 2 amide bonds. The monoisotopic (exact) mass is 341 g/mol. The Labute approximate surface area is 125 Å². The van der Waals surface area contributed by atoms with E-state index in [0.29, 0.717) is 0 Å². The first-order valence-corrected chi connectivity index (χ1v) is 6.16. The third-order valence-corrected chi connectivity index (χ3v) is 3.64. The number of carbonyl (C=O) groups is 2. The van der Waals surface area contributed by atoms with Crippen LogP contribution in [-0.2, 0) is 4.79 Å². The zero-order valence-corrected chi connectivity index (χ0v) is 11.1. The normalized spacial score (nSPS) is 21.6. The number of benzene rings is 1. The molecule has 1 aromatic rings. The Morgan fingerprint density at radius 1 is 1.09 bits per heavy atom. The molecule has 0 spiro atoms. The van der Waals surface area contributed by atoms with Crippen molar-refractivity contribution in [1.82, 2.24) is 4.90 Å². The molecule has 1 atom stereocenters. The van der Waals surface area contributed by atoms with E-state index in [1.807, 2.05) is 0 Å². The Morgan fingerprint density at radius 3 is 1.96 bits per heavy atom. The van der Waals surface area contributed by atoms with Crippen LogP contribution in [0.4, 0.5) is 26.3 Å². The van der Waals surface area contributed by atoms with E-state index in [2.05, 4.69) is 0 Å².